The summed E-state index contributed by atoms with van der Waals surface area (Å²) in [4.78, 5) is 0. The molecule has 0 aromatic rings. The lowest BCUT2D eigenvalue weighted by atomic mass is 9.77. The summed E-state index contributed by atoms with van der Waals surface area (Å²) in [5.74, 6) is 1.25. The van der Waals surface area contributed by atoms with Gasteiger partial charge in [-0.1, -0.05) is 11.1 Å². The summed E-state index contributed by atoms with van der Waals surface area (Å²) in [5.41, 5.74) is 14.4. The molecule has 2 atom stereocenters. The van der Waals surface area contributed by atoms with E-state index < -0.39 is 0 Å². The first kappa shape index (κ1) is 16.7. The molecule has 0 heterocycles. The molecule has 0 radical (unpaired) electrons. The van der Waals surface area contributed by atoms with Crippen molar-refractivity contribution in [3.8, 4) is 0 Å². The van der Waals surface area contributed by atoms with Crippen LogP contribution in [0.3, 0.4) is 0 Å². The first-order chi connectivity index (χ1) is 5.69. The number of allylic oxidation sites excluding steroid dienone is 2. The maximum absolute atomic E-state index is 5.70. The fourth-order valence-corrected chi connectivity index (χ4v) is 2.02. The van der Waals surface area contributed by atoms with E-state index in [1.807, 2.05) is 0 Å². The first-order valence-electron chi connectivity index (χ1n) is 4.74. The third-order valence-corrected chi connectivity index (χ3v) is 3.14. The van der Waals surface area contributed by atoms with Crippen molar-refractivity contribution in [1.82, 2.24) is 0 Å². The molecule has 2 nitrogen and oxygen atoms in total. The van der Waals surface area contributed by atoms with Crippen molar-refractivity contribution in [2.45, 2.75) is 26.7 Å². The van der Waals surface area contributed by atoms with Crippen molar-refractivity contribution in [3.05, 3.63) is 11.1 Å². The summed E-state index contributed by atoms with van der Waals surface area (Å²) in [6.07, 6.45) is 2.31. The van der Waals surface area contributed by atoms with Crippen molar-refractivity contribution < 1.29 is 0 Å². The van der Waals surface area contributed by atoms with Crippen molar-refractivity contribution in [3.63, 3.8) is 0 Å². The molecular formula is C10H22Cl2N2. The van der Waals surface area contributed by atoms with Crippen LogP contribution in [-0.2, 0) is 0 Å². The van der Waals surface area contributed by atoms with Crippen molar-refractivity contribution >= 4 is 24.8 Å². The molecule has 2 unspecified atom stereocenters. The van der Waals surface area contributed by atoms with Gasteiger partial charge in [-0.2, -0.15) is 0 Å². The van der Waals surface area contributed by atoms with Gasteiger partial charge in [-0.15, -0.1) is 24.8 Å². The van der Waals surface area contributed by atoms with Gasteiger partial charge >= 0.3 is 0 Å². The second-order valence-corrected chi connectivity index (χ2v) is 3.96. The molecule has 1 aliphatic carbocycles. The van der Waals surface area contributed by atoms with Gasteiger partial charge in [0, 0.05) is 0 Å². The minimum atomic E-state index is 0. The van der Waals surface area contributed by atoms with Gasteiger partial charge in [-0.25, -0.2) is 0 Å². The number of nitrogens with two attached hydrogens (primary N) is 2. The molecular weight excluding hydrogens is 219 g/mol. The third-order valence-electron chi connectivity index (χ3n) is 3.14. The van der Waals surface area contributed by atoms with Gasteiger partial charge in [-0.05, 0) is 51.6 Å². The van der Waals surface area contributed by atoms with Gasteiger partial charge in [0.2, 0.25) is 0 Å². The Labute approximate surface area is 99.3 Å². The molecule has 0 bridgehead atoms. The third kappa shape index (κ3) is 3.77. The number of halogens is 2. The Morgan fingerprint density at radius 2 is 1.21 bits per heavy atom. The molecule has 86 valence electrons. The smallest absolute Gasteiger partial charge is 0.00426 e. The molecule has 0 saturated heterocycles. The van der Waals surface area contributed by atoms with Gasteiger partial charge in [0.15, 0.2) is 0 Å². The molecule has 0 fully saturated rings. The highest BCUT2D eigenvalue weighted by molar-refractivity contribution is 5.85. The average Bonchev–Trinajstić information content (AvgIpc) is 2.09. The van der Waals surface area contributed by atoms with E-state index in [0.717, 1.165) is 25.9 Å². The highest BCUT2D eigenvalue weighted by Crippen LogP contribution is 2.32. The molecule has 0 aromatic heterocycles. The van der Waals surface area contributed by atoms with Crippen molar-refractivity contribution in [2.24, 2.45) is 23.3 Å². The number of hydrogen-bond acceptors (Lipinski definition) is 2. The molecule has 1 aliphatic rings. The fraction of sp³-hybridized carbons (Fsp3) is 0.800. The standard InChI is InChI=1S/C10H20N2.2ClH/c1-7-3-9(5-11)10(6-12)4-8(7)2;;/h9-10H,3-6,11-12H2,1-2H3;2*1H. The zero-order valence-corrected chi connectivity index (χ0v) is 10.6. The highest BCUT2D eigenvalue weighted by Gasteiger charge is 2.24. The van der Waals surface area contributed by atoms with Crippen LogP contribution in [0.1, 0.15) is 26.7 Å². The fourth-order valence-electron chi connectivity index (χ4n) is 2.02. The normalized spacial score (nSPS) is 26.6. The second-order valence-electron chi connectivity index (χ2n) is 3.96. The lowest BCUT2D eigenvalue weighted by molar-refractivity contribution is 0.321. The van der Waals surface area contributed by atoms with Crippen LogP contribution in [0.2, 0.25) is 0 Å². The quantitative estimate of drug-likeness (QED) is 0.727. The van der Waals surface area contributed by atoms with E-state index in [-0.39, 0.29) is 24.8 Å². The minimum absolute atomic E-state index is 0. The molecule has 1 rings (SSSR count). The molecule has 0 saturated carbocycles. The molecule has 14 heavy (non-hydrogen) atoms. The van der Waals surface area contributed by atoms with Gasteiger partial charge in [0.1, 0.15) is 0 Å². The zero-order chi connectivity index (χ0) is 9.14. The lowest BCUT2D eigenvalue weighted by Crippen LogP contribution is -2.32. The maximum atomic E-state index is 5.70. The van der Waals surface area contributed by atoms with Gasteiger partial charge in [0.05, 0.1) is 0 Å². The average molecular weight is 241 g/mol. The number of hydrogen-bond donors (Lipinski definition) is 2. The first-order valence-corrected chi connectivity index (χ1v) is 4.74. The Morgan fingerprint density at radius 3 is 1.43 bits per heavy atom. The Hall–Kier alpha value is 0.240. The van der Waals surface area contributed by atoms with Crippen LogP contribution in [-0.4, -0.2) is 13.1 Å². The molecule has 0 spiro atoms. The summed E-state index contributed by atoms with van der Waals surface area (Å²) in [5, 5.41) is 0. The SMILES string of the molecule is CC1=C(C)CC(CN)C(CN)C1.Cl.Cl. The largest absolute Gasteiger partial charge is 0.330 e. The van der Waals surface area contributed by atoms with Crippen LogP contribution in [0.4, 0.5) is 0 Å². The van der Waals surface area contributed by atoms with Crippen molar-refractivity contribution in [2.75, 3.05) is 13.1 Å². The van der Waals surface area contributed by atoms with Crippen LogP contribution in [0, 0.1) is 11.8 Å². The van der Waals surface area contributed by atoms with E-state index >= 15 is 0 Å². The van der Waals surface area contributed by atoms with Gasteiger partial charge < -0.3 is 11.5 Å². The van der Waals surface area contributed by atoms with E-state index in [9.17, 15) is 0 Å². The molecule has 4 N–H and O–H groups in total. The Balaban J connectivity index is 0. The summed E-state index contributed by atoms with van der Waals surface area (Å²) in [6, 6.07) is 0. The zero-order valence-electron chi connectivity index (χ0n) is 8.95. The Bertz CT molecular complexity index is 173. The van der Waals surface area contributed by atoms with Crippen molar-refractivity contribution in [1.29, 1.82) is 0 Å². The monoisotopic (exact) mass is 240 g/mol. The summed E-state index contributed by atoms with van der Waals surface area (Å²) in [7, 11) is 0. The maximum Gasteiger partial charge on any atom is -0.00426 e. The van der Waals surface area contributed by atoms with Crippen LogP contribution in [0.25, 0.3) is 0 Å². The van der Waals surface area contributed by atoms with Gasteiger partial charge in [-0.3, -0.25) is 0 Å². The van der Waals surface area contributed by atoms with Crippen LogP contribution < -0.4 is 11.5 Å². The Kier molecular flexibility index (Phi) is 8.95. The molecule has 0 aromatic carbocycles. The number of rotatable bonds is 2. The molecule has 4 heteroatoms. The second kappa shape index (κ2) is 7.52. The van der Waals surface area contributed by atoms with Crippen LogP contribution in [0.15, 0.2) is 11.1 Å². The van der Waals surface area contributed by atoms with E-state index in [1.165, 1.54) is 11.1 Å². The van der Waals surface area contributed by atoms with E-state index in [1.54, 1.807) is 0 Å². The minimum Gasteiger partial charge on any atom is -0.330 e. The summed E-state index contributed by atoms with van der Waals surface area (Å²) in [6.45, 7) is 5.99. The predicted octanol–water partition coefficient (Wildman–Crippen LogP) is 2.11. The van der Waals surface area contributed by atoms with E-state index in [4.69, 9.17) is 11.5 Å². The highest BCUT2D eigenvalue weighted by atomic mass is 35.5. The van der Waals surface area contributed by atoms with Gasteiger partial charge in [0.25, 0.3) is 0 Å². The van der Waals surface area contributed by atoms with E-state index in [0.29, 0.717) is 11.8 Å². The molecule has 0 aliphatic heterocycles. The van der Waals surface area contributed by atoms with E-state index in [2.05, 4.69) is 13.8 Å². The Morgan fingerprint density at radius 1 is 0.929 bits per heavy atom. The van der Waals surface area contributed by atoms with Crippen LogP contribution >= 0.6 is 24.8 Å². The summed E-state index contributed by atoms with van der Waals surface area (Å²) >= 11 is 0. The summed E-state index contributed by atoms with van der Waals surface area (Å²) < 4.78 is 0. The molecule has 0 amide bonds. The lowest BCUT2D eigenvalue weighted by Gasteiger charge is -2.31. The predicted molar refractivity (Wildman–Crippen MR) is 67.2 cm³/mol. The van der Waals surface area contributed by atoms with Crippen LogP contribution in [0.5, 0.6) is 0 Å². The topological polar surface area (TPSA) is 52.0 Å².